The smallest absolute Gasteiger partial charge is 0.322 e. The SMILES string of the molecule is CC.C[N+](C)(C)CCCCCC(=O)NCC(N)C(=O)O.NCCC(=O)O. The molecule has 0 fully saturated rings. The summed E-state index contributed by atoms with van der Waals surface area (Å²) in [6.07, 6.45) is 3.43. The van der Waals surface area contributed by atoms with Gasteiger partial charge in [-0.2, -0.15) is 0 Å². The largest absolute Gasteiger partial charge is 0.481 e. The fraction of sp³-hybridized carbons (Fsp3) is 0.824. The van der Waals surface area contributed by atoms with Crippen LogP contribution in [0.4, 0.5) is 0 Å². The average molecular weight is 380 g/mol. The molecule has 156 valence electrons. The number of hydrogen-bond donors (Lipinski definition) is 5. The number of rotatable bonds is 11. The van der Waals surface area contributed by atoms with E-state index in [1.54, 1.807) is 0 Å². The summed E-state index contributed by atoms with van der Waals surface area (Å²) < 4.78 is 0.930. The topological polar surface area (TPSA) is 156 Å². The van der Waals surface area contributed by atoms with Gasteiger partial charge in [-0.3, -0.25) is 14.4 Å². The lowest BCUT2D eigenvalue weighted by Crippen LogP contribution is -2.42. The third-order valence-electron chi connectivity index (χ3n) is 2.93. The van der Waals surface area contributed by atoms with Gasteiger partial charge in [0.1, 0.15) is 6.04 Å². The van der Waals surface area contributed by atoms with E-state index in [0.717, 1.165) is 30.3 Å². The first-order valence-electron chi connectivity index (χ1n) is 8.97. The monoisotopic (exact) mass is 379 g/mol. The third kappa shape index (κ3) is 27.2. The molecule has 0 aliphatic carbocycles. The van der Waals surface area contributed by atoms with Gasteiger partial charge in [-0.1, -0.05) is 13.8 Å². The fourth-order valence-corrected chi connectivity index (χ4v) is 1.57. The van der Waals surface area contributed by atoms with Gasteiger partial charge in [-0.05, 0) is 19.3 Å². The lowest BCUT2D eigenvalue weighted by atomic mass is 10.1. The molecule has 0 spiro atoms. The van der Waals surface area contributed by atoms with Gasteiger partial charge >= 0.3 is 11.9 Å². The summed E-state index contributed by atoms with van der Waals surface area (Å²) in [5, 5.41) is 18.9. The van der Waals surface area contributed by atoms with E-state index in [-0.39, 0.29) is 25.4 Å². The van der Waals surface area contributed by atoms with Crippen molar-refractivity contribution < 1.29 is 29.1 Å². The zero-order chi connectivity index (χ0) is 21.2. The molecule has 1 atom stereocenters. The van der Waals surface area contributed by atoms with Crippen molar-refractivity contribution in [3.8, 4) is 0 Å². The van der Waals surface area contributed by atoms with Crippen molar-refractivity contribution in [2.45, 2.75) is 52.0 Å². The first-order valence-corrected chi connectivity index (χ1v) is 8.97. The second kappa shape index (κ2) is 18.1. The highest BCUT2D eigenvalue weighted by molar-refractivity contribution is 5.78. The summed E-state index contributed by atoms with van der Waals surface area (Å²) in [7, 11) is 6.42. The van der Waals surface area contributed by atoms with Crippen LogP contribution in [-0.4, -0.2) is 79.4 Å². The Morgan fingerprint density at radius 3 is 1.88 bits per heavy atom. The van der Waals surface area contributed by atoms with Crippen LogP contribution < -0.4 is 16.8 Å². The minimum atomic E-state index is -1.10. The van der Waals surface area contributed by atoms with Gasteiger partial charge in [0.25, 0.3) is 0 Å². The number of quaternary nitrogens is 1. The van der Waals surface area contributed by atoms with Crippen LogP contribution in [0.25, 0.3) is 0 Å². The molecule has 7 N–H and O–H groups in total. The first kappa shape index (κ1) is 29.1. The highest BCUT2D eigenvalue weighted by Crippen LogP contribution is 2.03. The molecule has 0 aliphatic rings. The van der Waals surface area contributed by atoms with E-state index in [1.165, 1.54) is 0 Å². The fourth-order valence-electron chi connectivity index (χ4n) is 1.57. The number of carboxylic acid groups (broad SMARTS) is 2. The Balaban J connectivity index is -0.000000556. The van der Waals surface area contributed by atoms with Crippen LogP contribution in [0.5, 0.6) is 0 Å². The predicted molar refractivity (Wildman–Crippen MR) is 103 cm³/mol. The quantitative estimate of drug-likeness (QED) is 0.254. The molecule has 0 aliphatic heterocycles. The Morgan fingerprint density at radius 1 is 1.00 bits per heavy atom. The number of hydrogen-bond acceptors (Lipinski definition) is 5. The van der Waals surface area contributed by atoms with Crippen LogP contribution in [0, 0.1) is 0 Å². The maximum absolute atomic E-state index is 11.4. The van der Waals surface area contributed by atoms with Crippen LogP contribution in [0.1, 0.15) is 46.0 Å². The maximum atomic E-state index is 11.4. The van der Waals surface area contributed by atoms with Gasteiger partial charge in [0.05, 0.1) is 34.1 Å². The number of unbranched alkanes of at least 4 members (excludes halogenated alkanes) is 2. The molecule has 0 aromatic carbocycles. The molecule has 0 aromatic rings. The molecule has 0 heterocycles. The minimum absolute atomic E-state index is 0.00690. The van der Waals surface area contributed by atoms with Gasteiger partial charge in [-0.25, -0.2) is 0 Å². The summed E-state index contributed by atoms with van der Waals surface area (Å²) in [6, 6.07) is -1.02. The van der Waals surface area contributed by atoms with E-state index in [4.69, 9.17) is 21.7 Å². The van der Waals surface area contributed by atoms with Gasteiger partial charge in [-0.15, -0.1) is 0 Å². The molecule has 0 aromatic heterocycles. The second-order valence-corrected chi connectivity index (χ2v) is 6.51. The van der Waals surface area contributed by atoms with E-state index >= 15 is 0 Å². The number of carbonyl (C=O) groups is 3. The molecule has 1 unspecified atom stereocenters. The number of amides is 1. The Kier molecular flexibility index (Phi) is 20.2. The third-order valence-corrected chi connectivity index (χ3v) is 2.93. The van der Waals surface area contributed by atoms with Gasteiger partial charge in [0.2, 0.25) is 5.91 Å². The summed E-state index contributed by atoms with van der Waals surface area (Å²) in [5.41, 5.74) is 10.1. The standard InChI is InChI=1S/C12H25N3O3.C3H7NO2.C2H6/c1-15(2,3)8-6-4-5-7-11(16)14-9-10(13)12(17)18;4-2-1-3(5)6;1-2/h10H,4-9,13H2,1-3H3,(H-,14,16,17,18);1-2,4H2,(H,5,6);1-2H3/p+1. The van der Waals surface area contributed by atoms with E-state index < -0.39 is 18.0 Å². The van der Waals surface area contributed by atoms with E-state index in [9.17, 15) is 14.4 Å². The summed E-state index contributed by atoms with van der Waals surface area (Å²) >= 11 is 0. The van der Waals surface area contributed by atoms with Crippen molar-refractivity contribution >= 4 is 17.8 Å². The van der Waals surface area contributed by atoms with Crippen molar-refractivity contribution in [2.24, 2.45) is 11.5 Å². The van der Waals surface area contributed by atoms with E-state index in [2.05, 4.69) is 26.5 Å². The molecule has 1 amide bonds. The zero-order valence-electron chi connectivity index (χ0n) is 17.0. The number of nitrogens with one attached hydrogen (secondary N) is 1. The van der Waals surface area contributed by atoms with E-state index in [0.29, 0.717) is 6.42 Å². The van der Waals surface area contributed by atoms with Crippen LogP contribution in [0.3, 0.4) is 0 Å². The molecule has 26 heavy (non-hydrogen) atoms. The molecule has 9 nitrogen and oxygen atoms in total. The molecule has 0 radical (unpaired) electrons. The second-order valence-electron chi connectivity index (χ2n) is 6.51. The Labute approximate surface area is 157 Å². The molecular formula is C17H39N4O5+. The average Bonchev–Trinajstić information content (AvgIpc) is 2.53. The number of nitrogens with two attached hydrogens (primary N) is 2. The Hall–Kier alpha value is -1.71. The molecule has 9 heteroatoms. The zero-order valence-corrected chi connectivity index (χ0v) is 17.0. The molecule has 0 saturated heterocycles. The highest BCUT2D eigenvalue weighted by Gasteiger charge is 2.12. The van der Waals surface area contributed by atoms with Gasteiger partial charge in [0, 0.05) is 19.5 Å². The van der Waals surface area contributed by atoms with Gasteiger partial charge in [0.15, 0.2) is 0 Å². The van der Waals surface area contributed by atoms with Gasteiger partial charge < -0.3 is 31.5 Å². The van der Waals surface area contributed by atoms with Crippen molar-refractivity contribution in [3.05, 3.63) is 0 Å². The number of carbonyl (C=O) groups excluding carboxylic acids is 1. The number of carboxylic acids is 2. The van der Waals surface area contributed by atoms with Crippen LogP contribution in [0.15, 0.2) is 0 Å². The Bertz CT molecular complexity index is 384. The van der Waals surface area contributed by atoms with Crippen LogP contribution in [-0.2, 0) is 14.4 Å². The normalized spacial score (nSPS) is 11.2. The lowest BCUT2D eigenvalue weighted by molar-refractivity contribution is -0.870. The summed E-state index contributed by atoms with van der Waals surface area (Å²) in [4.78, 5) is 31.3. The first-order chi connectivity index (χ1) is 12.0. The molecule has 0 rings (SSSR count). The van der Waals surface area contributed by atoms with Crippen LogP contribution >= 0.6 is 0 Å². The summed E-state index contributed by atoms with van der Waals surface area (Å²) in [5.74, 6) is -2.06. The van der Waals surface area contributed by atoms with Crippen molar-refractivity contribution in [1.29, 1.82) is 0 Å². The van der Waals surface area contributed by atoms with E-state index in [1.807, 2.05) is 13.8 Å². The number of aliphatic carboxylic acids is 2. The maximum Gasteiger partial charge on any atom is 0.322 e. The summed E-state index contributed by atoms with van der Waals surface area (Å²) in [6.45, 7) is 5.31. The van der Waals surface area contributed by atoms with Crippen molar-refractivity contribution in [1.82, 2.24) is 5.32 Å². The predicted octanol–water partition coefficient (Wildman–Crippen LogP) is 0.227. The minimum Gasteiger partial charge on any atom is -0.481 e. The number of nitrogens with zero attached hydrogens (tertiary/aromatic N) is 1. The van der Waals surface area contributed by atoms with Crippen molar-refractivity contribution in [3.63, 3.8) is 0 Å². The van der Waals surface area contributed by atoms with Crippen LogP contribution in [0.2, 0.25) is 0 Å². The highest BCUT2D eigenvalue weighted by atomic mass is 16.4. The lowest BCUT2D eigenvalue weighted by Gasteiger charge is -2.23. The molecular weight excluding hydrogens is 340 g/mol. The Morgan fingerprint density at radius 2 is 1.54 bits per heavy atom. The van der Waals surface area contributed by atoms with Crippen molar-refractivity contribution in [2.75, 3.05) is 40.8 Å². The molecule has 0 bridgehead atoms. The molecule has 0 saturated carbocycles.